The number of ether oxygens (including phenoxy) is 2. The molecular formula is C18H22N4O5S. The number of anilines is 1. The van der Waals surface area contributed by atoms with Crippen molar-refractivity contribution < 1.29 is 17.9 Å². The van der Waals surface area contributed by atoms with Crippen LogP contribution in [0.25, 0.3) is 0 Å². The van der Waals surface area contributed by atoms with E-state index >= 15 is 0 Å². The van der Waals surface area contributed by atoms with Crippen LogP contribution in [0.1, 0.15) is 19.3 Å². The standard InChI is InChI=1S/C18H22N4O5S/c23-18-7-6-17(20-21-18)22-8-2-1-3-13(22)12-19-28(24,25)14-4-5-15-16(11-14)27-10-9-26-15/h4-7,11,13,19H,1-3,8-10,12H2,(H,21,23). The van der Waals surface area contributed by atoms with Gasteiger partial charge in [-0.2, -0.15) is 5.10 Å². The number of nitrogens with zero attached hydrogens (tertiary/aromatic N) is 2. The van der Waals surface area contributed by atoms with E-state index in [1.165, 1.54) is 18.2 Å². The fraction of sp³-hybridized carbons (Fsp3) is 0.444. The SMILES string of the molecule is O=c1ccc(N2CCCCC2CNS(=O)(=O)c2ccc3c(c2)OCCO3)n[nH]1. The van der Waals surface area contributed by atoms with Gasteiger partial charge in [-0.1, -0.05) is 0 Å². The average Bonchev–Trinajstić information content (AvgIpc) is 2.73. The van der Waals surface area contributed by atoms with Crippen molar-refractivity contribution in [3.05, 3.63) is 40.7 Å². The molecule has 1 unspecified atom stereocenters. The topological polar surface area (TPSA) is 114 Å². The second kappa shape index (κ2) is 7.80. The molecule has 10 heteroatoms. The Morgan fingerprint density at radius 1 is 1.14 bits per heavy atom. The first-order valence-corrected chi connectivity index (χ1v) is 10.7. The molecule has 1 aromatic heterocycles. The summed E-state index contributed by atoms with van der Waals surface area (Å²) >= 11 is 0. The maximum Gasteiger partial charge on any atom is 0.264 e. The highest BCUT2D eigenvalue weighted by Crippen LogP contribution is 2.32. The zero-order valence-corrected chi connectivity index (χ0v) is 16.1. The van der Waals surface area contributed by atoms with Crippen LogP contribution in [0.5, 0.6) is 11.5 Å². The second-order valence-electron chi connectivity index (χ2n) is 6.78. The number of aromatic amines is 1. The molecule has 4 rings (SSSR count). The molecule has 3 heterocycles. The van der Waals surface area contributed by atoms with Gasteiger partial charge < -0.3 is 14.4 Å². The van der Waals surface area contributed by atoms with E-state index in [9.17, 15) is 13.2 Å². The Morgan fingerprint density at radius 3 is 2.75 bits per heavy atom. The Hall–Kier alpha value is -2.59. The van der Waals surface area contributed by atoms with Gasteiger partial charge in [0.15, 0.2) is 11.5 Å². The second-order valence-corrected chi connectivity index (χ2v) is 8.55. The van der Waals surface area contributed by atoms with Gasteiger partial charge in [0.05, 0.1) is 4.90 Å². The van der Waals surface area contributed by atoms with Crippen LogP contribution < -0.4 is 24.7 Å². The van der Waals surface area contributed by atoms with Crippen molar-refractivity contribution in [1.29, 1.82) is 0 Å². The molecule has 1 saturated heterocycles. The Bertz CT molecular complexity index is 987. The summed E-state index contributed by atoms with van der Waals surface area (Å²) in [6.45, 7) is 1.85. The van der Waals surface area contributed by atoms with E-state index in [1.807, 2.05) is 4.90 Å². The number of sulfonamides is 1. The first-order chi connectivity index (χ1) is 13.5. The predicted octanol–water partition coefficient (Wildman–Crippen LogP) is 0.878. The molecule has 0 bridgehead atoms. The third-order valence-corrected chi connectivity index (χ3v) is 6.34. The van der Waals surface area contributed by atoms with Crippen LogP contribution >= 0.6 is 0 Å². The number of hydrogen-bond acceptors (Lipinski definition) is 7. The van der Waals surface area contributed by atoms with Crippen molar-refractivity contribution in [3.63, 3.8) is 0 Å². The zero-order valence-electron chi connectivity index (χ0n) is 15.3. The lowest BCUT2D eigenvalue weighted by Crippen LogP contribution is -2.47. The minimum atomic E-state index is -3.70. The zero-order chi connectivity index (χ0) is 19.6. The third-order valence-electron chi connectivity index (χ3n) is 4.92. The van der Waals surface area contributed by atoms with Gasteiger partial charge in [-0.15, -0.1) is 0 Å². The van der Waals surface area contributed by atoms with Gasteiger partial charge in [0.1, 0.15) is 19.0 Å². The van der Waals surface area contributed by atoms with Gasteiger partial charge in [0.2, 0.25) is 10.0 Å². The van der Waals surface area contributed by atoms with E-state index in [-0.39, 0.29) is 23.0 Å². The molecule has 1 aromatic carbocycles. The minimum absolute atomic E-state index is 0.0425. The predicted molar refractivity (Wildman–Crippen MR) is 102 cm³/mol. The first-order valence-electron chi connectivity index (χ1n) is 9.25. The van der Waals surface area contributed by atoms with Gasteiger partial charge in [-0.05, 0) is 37.5 Å². The van der Waals surface area contributed by atoms with Crippen molar-refractivity contribution >= 4 is 15.8 Å². The number of H-pyrrole nitrogens is 1. The Balaban J connectivity index is 1.48. The molecule has 150 valence electrons. The summed E-state index contributed by atoms with van der Waals surface area (Å²) in [5, 5.41) is 6.52. The summed E-state index contributed by atoms with van der Waals surface area (Å²) < 4.78 is 39.1. The van der Waals surface area contributed by atoms with Crippen LogP contribution in [-0.4, -0.2) is 51.0 Å². The largest absolute Gasteiger partial charge is 0.486 e. The van der Waals surface area contributed by atoms with Crippen molar-refractivity contribution in [1.82, 2.24) is 14.9 Å². The van der Waals surface area contributed by atoms with Crippen molar-refractivity contribution in [2.75, 3.05) is 31.2 Å². The van der Waals surface area contributed by atoms with Crippen LogP contribution in [0.3, 0.4) is 0 Å². The lowest BCUT2D eigenvalue weighted by molar-refractivity contribution is 0.171. The smallest absolute Gasteiger partial charge is 0.264 e. The van der Waals surface area contributed by atoms with Gasteiger partial charge >= 0.3 is 0 Å². The molecule has 2 aliphatic rings. The summed E-state index contributed by atoms with van der Waals surface area (Å²) in [5.41, 5.74) is -0.267. The molecular weight excluding hydrogens is 384 g/mol. The molecule has 0 saturated carbocycles. The van der Waals surface area contributed by atoms with Gasteiger partial charge in [0, 0.05) is 31.3 Å². The highest BCUT2D eigenvalue weighted by molar-refractivity contribution is 7.89. The normalized spacial score (nSPS) is 19.4. The lowest BCUT2D eigenvalue weighted by atomic mass is 10.0. The van der Waals surface area contributed by atoms with E-state index in [0.717, 1.165) is 25.8 Å². The quantitative estimate of drug-likeness (QED) is 0.758. The molecule has 0 amide bonds. The third kappa shape index (κ3) is 3.97. The number of hydrogen-bond donors (Lipinski definition) is 2. The molecule has 1 fully saturated rings. The van der Waals surface area contributed by atoms with E-state index in [4.69, 9.17) is 9.47 Å². The molecule has 0 aliphatic carbocycles. The summed E-state index contributed by atoms with van der Waals surface area (Å²) in [6, 6.07) is 7.65. The number of aromatic nitrogens is 2. The van der Waals surface area contributed by atoms with Gasteiger partial charge in [-0.25, -0.2) is 18.2 Å². The van der Waals surface area contributed by atoms with E-state index < -0.39 is 10.0 Å². The molecule has 2 N–H and O–H groups in total. The Labute approximate surface area is 162 Å². The highest BCUT2D eigenvalue weighted by atomic mass is 32.2. The first kappa shape index (κ1) is 18.8. The highest BCUT2D eigenvalue weighted by Gasteiger charge is 2.26. The van der Waals surface area contributed by atoms with Crippen molar-refractivity contribution in [3.8, 4) is 11.5 Å². The Kier molecular flexibility index (Phi) is 5.23. The summed E-state index contributed by atoms with van der Waals surface area (Å²) in [7, 11) is -3.70. The number of benzene rings is 1. The van der Waals surface area contributed by atoms with E-state index in [0.29, 0.717) is 30.5 Å². The van der Waals surface area contributed by atoms with Crippen molar-refractivity contribution in [2.24, 2.45) is 0 Å². The summed E-state index contributed by atoms with van der Waals surface area (Å²) in [6.07, 6.45) is 2.84. The number of fused-ring (bicyclic) bond motifs is 1. The lowest BCUT2D eigenvalue weighted by Gasteiger charge is -2.36. The number of nitrogens with one attached hydrogen (secondary N) is 2. The average molecular weight is 406 g/mol. The maximum atomic E-state index is 12.8. The molecule has 9 nitrogen and oxygen atoms in total. The van der Waals surface area contributed by atoms with Crippen LogP contribution in [-0.2, 0) is 10.0 Å². The van der Waals surface area contributed by atoms with Crippen LogP contribution in [0.2, 0.25) is 0 Å². The maximum absolute atomic E-state index is 12.8. The van der Waals surface area contributed by atoms with Crippen LogP contribution in [0, 0.1) is 0 Å². The molecule has 2 aliphatic heterocycles. The molecule has 28 heavy (non-hydrogen) atoms. The molecule has 0 radical (unpaired) electrons. The minimum Gasteiger partial charge on any atom is -0.486 e. The monoisotopic (exact) mass is 406 g/mol. The molecule has 2 aromatic rings. The van der Waals surface area contributed by atoms with Crippen LogP contribution in [0.15, 0.2) is 40.0 Å². The van der Waals surface area contributed by atoms with E-state index in [2.05, 4.69) is 14.9 Å². The number of piperidine rings is 1. The molecule has 1 atom stereocenters. The van der Waals surface area contributed by atoms with E-state index in [1.54, 1.807) is 12.1 Å². The number of rotatable bonds is 5. The van der Waals surface area contributed by atoms with Crippen molar-refractivity contribution in [2.45, 2.75) is 30.2 Å². The fourth-order valence-corrected chi connectivity index (χ4v) is 4.58. The molecule has 0 spiro atoms. The van der Waals surface area contributed by atoms with Gasteiger partial charge in [-0.3, -0.25) is 4.79 Å². The van der Waals surface area contributed by atoms with Crippen LogP contribution in [0.4, 0.5) is 5.82 Å². The summed E-state index contributed by atoms with van der Waals surface area (Å²) in [5.74, 6) is 1.63. The fourth-order valence-electron chi connectivity index (χ4n) is 3.49. The summed E-state index contributed by atoms with van der Waals surface area (Å²) in [4.78, 5) is 13.4. The van der Waals surface area contributed by atoms with Gasteiger partial charge in [0.25, 0.3) is 5.56 Å². The Morgan fingerprint density at radius 2 is 1.96 bits per heavy atom.